The molecule has 0 aromatic rings. The standard InChI is InChI=1S/C4H5NO3/c1-3(2-5-8)4(6)7/h1-2H2,(H,6,7). The van der Waals surface area contributed by atoms with Gasteiger partial charge >= 0.3 is 5.97 Å². The monoisotopic (exact) mass is 115 g/mol. The van der Waals surface area contributed by atoms with E-state index in [1.54, 1.807) is 0 Å². The van der Waals surface area contributed by atoms with Crippen LogP contribution in [0.4, 0.5) is 0 Å². The van der Waals surface area contributed by atoms with Crippen molar-refractivity contribution in [1.29, 1.82) is 0 Å². The largest absolute Gasteiger partial charge is 0.478 e. The molecule has 0 aliphatic rings. The second-order valence-electron chi connectivity index (χ2n) is 1.20. The van der Waals surface area contributed by atoms with E-state index in [0.717, 1.165) is 0 Å². The van der Waals surface area contributed by atoms with Gasteiger partial charge in [0, 0.05) is 0 Å². The number of hydrogen-bond acceptors (Lipinski definition) is 3. The highest BCUT2D eigenvalue weighted by molar-refractivity contribution is 5.86. The number of hydrogen-bond donors (Lipinski definition) is 1. The van der Waals surface area contributed by atoms with Crippen LogP contribution < -0.4 is 0 Å². The molecule has 0 aliphatic carbocycles. The molecule has 4 nitrogen and oxygen atoms in total. The minimum absolute atomic E-state index is 0.181. The molecular formula is C4H5NO3. The Kier molecular flexibility index (Phi) is 2.47. The third kappa shape index (κ3) is 2.07. The molecule has 0 fully saturated rings. The molecule has 0 aromatic heterocycles. The van der Waals surface area contributed by atoms with Crippen LogP contribution >= 0.6 is 0 Å². The van der Waals surface area contributed by atoms with Crippen LogP contribution in [0.15, 0.2) is 17.3 Å². The second kappa shape index (κ2) is 2.90. The van der Waals surface area contributed by atoms with E-state index in [9.17, 15) is 9.70 Å². The molecular weight excluding hydrogens is 110 g/mol. The maximum Gasteiger partial charge on any atom is 0.332 e. The molecule has 0 radical (unpaired) electrons. The van der Waals surface area contributed by atoms with E-state index in [-0.39, 0.29) is 12.1 Å². The van der Waals surface area contributed by atoms with Gasteiger partial charge in [-0.3, -0.25) is 0 Å². The molecule has 8 heavy (non-hydrogen) atoms. The first-order valence-electron chi connectivity index (χ1n) is 1.88. The van der Waals surface area contributed by atoms with Gasteiger partial charge < -0.3 is 5.11 Å². The number of carbonyl (C=O) groups is 1. The van der Waals surface area contributed by atoms with Gasteiger partial charge in [-0.05, 0) is 0 Å². The first-order chi connectivity index (χ1) is 3.68. The van der Waals surface area contributed by atoms with E-state index in [2.05, 4.69) is 11.8 Å². The van der Waals surface area contributed by atoms with E-state index >= 15 is 0 Å². The zero-order valence-corrected chi connectivity index (χ0v) is 4.13. The number of carboxylic acids is 1. The Balaban J connectivity index is 3.65. The minimum atomic E-state index is -1.18. The summed E-state index contributed by atoms with van der Waals surface area (Å²) in [5, 5.41) is 10.3. The van der Waals surface area contributed by atoms with Crippen LogP contribution in [0.3, 0.4) is 0 Å². The number of aliphatic carboxylic acids is 1. The van der Waals surface area contributed by atoms with Crippen LogP contribution in [-0.4, -0.2) is 17.6 Å². The smallest absolute Gasteiger partial charge is 0.332 e. The lowest BCUT2D eigenvalue weighted by atomic mass is 10.3. The fourth-order valence-corrected chi connectivity index (χ4v) is 0.146. The van der Waals surface area contributed by atoms with Crippen LogP contribution in [0, 0.1) is 4.91 Å². The fraction of sp³-hybridized carbons (Fsp3) is 0.250. The zero-order valence-electron chi connectivity index (χ0n) is 4.13. The predicted molar refractivity (Wildman–Crippen MR) is 27.4 cm³/mol. The summed E-state index contributed by atoms with van der Waals surface area (Å²) in [7, 11) is 0. The summed E-state index contributed by atoms with van der Waals surface area (Å²) < 4.78 is 0. The molecule has 1 N–H and O–H groups in total. The summed E-state index contributed by atoms with van der Waals surface area (Å²) in [6, 6.07) is 0. The van der Waals surface area contributed by atoms with Gasteiger partial charge in [-0.2, -0.15) is 4.91 Å². The lowest BCUT2D eigenvalue weighted by Gasteiger charge is -1.86. The van der Waals surface area contributed by atoms with Crippen LogP contribution in [0.25, 0.3) is 0 Å². The number of nitroso groups, excluding NO2 is 1. The van der Waals surface area contributed by atoms with Gasteiger partial charge in [-0.1, -0.05) is 11.8 Å². The molecule has 0 aliphatic heterocycles. The normalized spacial score (nSPS) is 8.00. The summed E-state index contributed by atoms with van der Waals surface area (Å²) in [5.74, 6) is -1.18. The average molecular weight is 115 g/mol. The van der Waals surface area contributed by atoms with Crippen molar-refractivity contribution in [1.82, 2.24) is 0 Å². The minimum Gasteiger partial charge on any atom is -0.478 e. The molecule has 4 heteroatoms. The second-order valence-corrected chi connectivity index (χ2v) is 1.20. The topological polar surface area (TPSA) is 66.7 Å². The van der Waals surface area contributed by atoms with Gasteiger partial charge in [0.05, 0.1) is 5.57 Å². The quantitative estimate of drug-likeness (QED) is 0.427. The Morgan fingerprint density at radius 3 is 2.38 bits per heavy atom. The Hall–Kier alpha value is -1.19. The average Bonchev–Trinajstić information content (AvgIpc) is 1.67. The first kappa shape index (κ1) is 6.81. The molecule has 0 saturated heterocycles. The molecule has 0 bridgehead atoms. The van der Waals surface area contributed by atoms with Gasteiger partial charge in [0.1, 0.15) is 6.54 Å². The number of carboxylic acid groups (broad SMARTS) is 1. The summed E-state index contributed by atoms with van der Waals surface area (Å²) in [5.41, 5.74) is -0.181. The van der Waals surface area contributed by atoms with E-state index in [4.69, 9.17) is 5.11 Å². The van der Waals surface area contributed by atoms with Crippen molar-refractivity contribution in [3.05, 3.63) is 17.1 Å². The van der Waals surface area contributed by atoms with Gasteiger partial charge in [-0.15, -0.1) is 0 Å². The van der Waals surface area contributed by atoms with Crippen molar-refractivity contribution in [2.45, 2.75) is 0 Å². The lowest BCUT2D eigenvalue weighted by molar-refractivity contribution is -0.132. The number of nitrogens with zero attached hydrogens (tertiary/aromatic N) is 1. The number of rotatable bonds is 3. The Morgan fingerprint density at radius 1 is 1.75 bits per heavy atom. The predicted octanol–water partition coefficient (Wildman–Crippen LogP) is 0.394. The van der Waals surface area contributed by atoms with Crippen molar-refractivity contribution < 1.29 is 9.90 Å². The van der Waals surface area contributed by atoms with Gasteiger partial charge in [0.25, 0.3) is 0 Å². The van der Waals surface area contributed by atoms with Crippen molar-refractivity contribution in [2.24, 2.45) is 5.18 Å². The highest BCUT2D eigenvalue weighted by Crippen LogP contribution is 1.87. The molecule has 0 spiro atoms. The van der Waals surface area contributed by atoms with Gasteiger partial charge in [0.2, 0.25) is 0 Å². The molecule has 0 saturated carbocycles. The molecule has 0 amide bonds. The van der Waals surface area contributed by atoms with Crippen LogP contribution in [0.2, 0.25) is 0 Å². The SMILES string of the molecule is C=C(CN=O)C(=O)O. The molecule has 44 valence electrons. The van der Waals surface area contributed by atoms with Crippen molar-refractivity contribution in [3.63, 3.8) is 0 Å². The molecule has 0 heterocycles. The summed E-state index contributed by atoms with van der Waals surface area (Å²) >= 11 is 0. The fourth-order valence-electron chi connectivity index (χ4n) is 0.146. The zero-order chi connectivity index (χ0) is 6.57. The van der Waals surface area contributed by atoms with Crippen LogP contribution in [-0.2, 0) is 4.79 Å². The maximum atomic E-state index is 9.79. The van der Waals surface area contributed by atoms with Crippen LogP contribution in [0.5, 0.6) is 0 Å². The molecule has 0 atom stereocenters. The van der Waals surface area contributed by atoms with Gasteiger partial charge in [0.15, 0.2) is 0 Å². The van der Waals surface area contributed by atoms with Crippen molar-refractivity contribution in [2.75, 3.05) is 6.54 Å². The third-order valence-corrected chi connectivity index (χ3v) is 0.558. The Morgan fingerprint density at radius 2 is 2.25 bits per heavy atom. The third-order valence-electron chi connectivity index (χ3n) is 0.558. The molecule has 0 aromatic carbocycles. The summed E-state index contributed by atoms with van der Waals surface area (Å²) in [4.78, 5) is 19.1. The molecule has 0 rings (SSSR count). The van der Waals surface area contributed by atoms with Crippen LogP contribution in [0.1, 0.15) is 0 Å². The van der Waals surface area contributed by atoms with E-state index in [1.807, 2.05) is 0 Å². The molecule has 0 unspecified atom stereocenters. The summed E-state index contributed by atoms with van der Waals surface area (Å²) in [6.07, 6.45) is 0. The summed E-state index contributed by atoms with van der Waals surface area (Å²) in [6.45, 7) is 2.71. The highest BCUT2D eigenvalue weighted by atomic mass is 16.4. The van der Waals surface area contributed by atoms with Crippen molar-refractivity contribution in [3.8, 4) is 0 Å². The lowest BCUT2D eigenvalue weighted by Crippen LogP contribution is -2.00. The van der Waals surface area contributed by atoms with E-state index < -0.39 is 5.97 Å². The van der Waals surface area contributed by atoms with E-state index in [1.165, 1.54) is 0 Å². The van der Waals surface area contributed by atoms with E-state index in [0.29, 0.717) is 0 Å². The Labute approximate surface area is 45.8 Å². The van der Waals surface area contributed by atoms with Gasteiger partial charge in [-0.25, -0.2) is 4.79 Å². The maximum absolute atomic E-state index is 9.79. The first-order valence-corrected chi connectivity index (χ1v) is 1.88. The Bertz CT molecular complexity index is 129. The van der Waals surface area contributed by atoms with Crippen molar-refractivity contribution >= 4 is 5.97 Å². The highest BCUT2D eigenvalue weighted by Gasteiger charge is 2.00.